The second kappa shape index (κ2) is 6.45. The molecule has 3 aromatic heterocycles. The van der Waals surface area contributed by atoms with Gasteiger partial charge in [0.2, 0.25) is 0 Å². The maximum absolute atomic E-state index is 5.74. The molecule has 0 fully saturated rings. The summed E-state index contributed by atoms with van der Waals surface area (Å²) < 4.78 is 0. The summed E-state index contributed by atoms with van der Waals surface area (Å²) in [6.07, 6.45) is 3.49. The maximum atomic E-state index is 5.74. The van der Waals surface area contributed by atoms with Crippen molar-refractivity contribution in [3.05, 3.63) is 70.2 Å². The van der Waals surface area contributed by atoms with Crippen LogP contribution in [0, 0.1) is 0 Å². The highest BCUT2D eigenvalue weighted by Gasteiger charge is 2.26. The highest BCUT2D eigenvalue weighted by Crippen LogP contribution is 2.31. The van der Waals surface area contributed by atoms with E-state index in [2.05, 4.69) is 26.3 Å². The van der Waals surface area contributed by atoms with Gasteiger partial charge in [-0.25, -0.2) is 9.97 Å². The molecule has 6 nitrogen and oxygen atoms in total. The van der Waals surface area contributed by atoms with Crippen LogP contribution in [0.3, 0.4) is 0 Å². The van der Waals surface area contributed by atoms with E-state index in [1.807, 2.05) is 29.6 Å². The van der Waals surface area contributed by atoms with E-state index in [9.17, 15) is 0 Å². The number of nitrogens with one attached hydrogen (secondary N) is 1. The van der Waals surface area contributed by atoms with E-state index in [1.165, 1.54) is 0 Å². The Kier molecular flexibility index (Phi) is 3.99. The fourth-order valence-corrected chi connectivity index (χ4v) is 3.51. The average molecular weight is 348 g/mol. The molecule has 0 bridgehead atoms. The van der Waals surface area contributed by atoms with Gasteiger partial charge in [0.25, 0.3) is 0 Å². The minimum absolute atomic E-state index is 0.216. The molecule has 0 saturated heterocycles. The Morgan fingerprint density at radius 2 is 2.08 bits per heavy atom. The van der Waals surface area contributed by atoms with Gasteiger partial charge in [0.1, 0.15) is 23.5 Å². The predicted molar refractivity (Wildman–Crippen MR) is 103 cm³/mol. The van der Waals surface area contributed by atoms with Crippen LogP contribution in [0.5, 0.6) is 0 Å². The van der Waals surface area contributed by atoms with Gasteiger partial charge in [0.05, 0.1) is 5.71 Å². The zero-order valence-corrected chi connectivity index (χ0v) is 14.4. The molecule has 0 aliphatic carbocycles. The zero-order valence-electron chi connectivity index (χ0n) is 13.5. The SMILES string of the molecule is CN=C1Nc2ncccc2C(c2ccc(N)nc2)=NC1c1cccs1. The van der Waals surface area contributed by atoms with Crippen molar-refractivity contribution < 1.29 is 0 Å². The topological polar surface area (TPSA) is 88.5 Å². The molecule has 25 heavy (non-hydrogen) atoms. The smallest absolute Gasteiger partial charge is 0.142 e. The van der Waals surface area contributed by atoms with Gasteiger partial charge in [-0.05, 0) is 35.7 Å². The number of hydrogen-bond donors (Lipinski definition) is 2. The first-order chi connectivity index (χ1) is 12.3. The van der Waals surface area contributed by atoms with E-state index in [-0.39, 0.29) is 6.04 Å². The van der Waals surface area contributed by atoms with Crippen LogP contribution >= 0.6 is 11.3 Å². The minimum atomic E-state index is -0.216. The number of hydrogen-bond acceptors (Lipinski definition) is 6. The van der Waals surface area contributed by atoms with Gasteiger partial charge in [-0.15, -0.1) is 11.3 Å². The number of nitrogens with zero attached hydrogens (tertiary/aromatic N) is 4. The Labute approximate surface area is 149 Å². The van der Waals surface area contributed by atoms with Gasteiger partial charge >= 0.3 is 0 Å². The molecular formula is C18H16N6S. The van der Waals surface area contributed by atoms with E-state index in [0.29, 0.717) is 5.82 Å². The van der Waals surface area contributed by atoms with Crippen molar-refractivity contribution in [1.29, 1.82) is 0 Å². The molecule has 0 saturated carbocycles. The highest BCUT2D eigenvalue weighted by molar-refractivity contribution is 7.10. The fourth-order valence-electron chi connectivity index (χ4n) is 2.74. The average Bonchev–Trinajstić information content (AvgIpc) is 3.11. The van der Waals surface area contributed by atoms with E-state index in [0.717, 1.165) is 33.4 Å². The number of nitrogens with two attached hydrogens (primary N) is 1. The van der Waals surface area contributed by atoms with E-state index < -0.39 is 0 Å². The summed E-state index contributed by atoms with van der Waals surface area (Å²) in [6.45, 7) is 0. The molecule has 1 atom stereocenters. The van der Waals surface area contributed by atoms with Crippen LogP contribution < -0.4 is 11.1 Å². The van der Waals surface area contributed by atoms with Gasteiger partial charge in [-0.2, -0.15) is 0 Å². The second-order valence-electron chi connectivity index (χ2n) is 5.50. The number of rotatable bonds is 2. The predicted octanol–water partition coefficient (Wildman–Crippen LogP) is 3.15. The highest BCUT2D eigenvalue weighted by atomic mass is 32.1. The molecule has 3 N–H and O–H groups in total. The van der Waals surface area contributed by atoms with E-state index in [4.69, 9.17) is 10.7 Å². The van der Waals surface area contributed by atoms with Crippen LogP contribution in [0.2, 0.25) is 0 Å². The van der Waals surface area contributed by atoms with Crippen LogP contribution in [0.15, 0.2) is 64.2 Å². The number of fused-ring (bicyclic) bond motifs is 1. The molecule has 0 spiro atoms. The van der Waals surface area contributed by atoms with E-state index in [1.54, 1.807) is 36.8 Å². The number of anilines is 2. The molecule has 1 unspecified atom stereocenters. The fraction of sp³-hybridized carbons (Fsp3) is 0.111. The summed E-state index contributed by atoms with van der Waals surface area (Å²) in [7, 11) is 1.76. The van der Waals surface area contributed by atoms with Crippen molar-refractivity contribution in [1.82, 2.24) is 9.97 Å². The van der Waals surface area contributed by atoms with Crippen LogP contribution in [-0.2, 0) is 0 Å². The first-order valence-electron chi connectivity index (χ1n) is 7.78. The molecule has 4 heterocycles. The van der Waals surface area contributed by atoms with Crippen molar-refractivity contribution in [2.45, 2.75) is 6.04 Å². The number of thiophene rings is 1. The lowest BCUT2D eigenvalue weighted by molar-refractivity contribution is 0.981. The van der Waals surface area contributed by atoms with Crippen molar-refractivity contribution in [2.24, 2.45) is 9.98 Å². The Balaban J connectivity index is 1.94. The summed E-state index contributed by atoms with van der Waals surface area (Å²) in [5.41, 5.74) is 8.36. The summed E-state index contributed by atoms with van der Waals surface area (Å²) in [6, 6.07) is 11.5. The molecular weight excluding hydrogens is 332 g/mol. The minimum Gasteiger partial charge on any atom is -0.384 e. The monoisotopic (exact) mass is 348 g/mol. The van der Waals surface area contributed by atoms with Crippen LogP contribution in [0.25, 0.3) is 0 Å². The number of amidine groups is 1. The number of pyridine rings is 2. The quantitative estimate of drug-likeness (QED) is 0.744. The van der Waals surface area contributed by atoms with Gasteiger partial charge < -0.3 is 11.1 Å². The lowest BCUT2D eigenvalue weighted by Crippen LogP contribution is -2.19. The third kappa shape index (κ3) is 2.89. The van der Waals surface area contributed by atoms with E-state index >= 15 is 0 Å². The Morgan fingerprint density at radius 3 is 2.80 bits per heavy atom. The molecule has 0 amide bonds. The number of nitrogen functional groups attached to an aromatic ring is 1. The third-order valence-corrected chi connectivity index (χ3v) is 4.86. The first-order valence-corrected chi connectivity index (χ1v) is 8.66. The Hall–Kier alpha value is -3.06. The largest absolute Gasteiger partial charge is 0.384 e. The van der Waals surface area contributed by atoms with Crippen molar-refractivity contribution in [3.8, 4) is 0 Å². The van der Waals surface area contributed by atoms with Gasteiger partial charge in [-0.1, -0.05) is 6.07 Å². The zero-order chi connectivity index (χ0) is 17.2. The summed E-state index contributed by atoms with van der Waals surface area (Å²) in [5.74, 6) is 1.98. The van der Waals surface area contributed by atoms with Gasteiger partial charge in [-0.3, -0.25) is 9.98 Å². The molecule has 0 radical (unpaired) electrons. The summed E-state index contributed by atoms with van der Waals surface area (Å²) >= 11 is 1.65. The lowest BCUT2D eigenvalue weighted by atomic mass is 10.0. The van der Waals surface area contributed by atoms with Crippen LogP contribution in [0.1, 0.15) is 22.0 Å². The lowest BCUT2D eigenvalue weighted by Gasteiger charge is -2.13. The van der Waals surface area contributed by atoms with Crippen LogP contribution in [-0.4, -0.2) is 28.6 Å². The number of aromatic nitrogens is 2. The second-order valence-corrected chi connectivity index (χ2v) is 6.48. The standard InChI is InChI=1S/C18H16N6S/c1-20-18-16(13-5-3-9-25-13)23-15(11-6-7-14(19)22-10-11)12-4-2-8-21-17(12)24-18/h2-10,16H,1H3,(H2,19,22)(H,20,21,24). The van der Waals surface area contributed by atoms with Crippen molar-refractivity contribution >= 4 is 34.5 Å². The Morgan fingerprint density at radius 1 is 1.16 bits per heavy atom. The first kappa shape index (κ1) is 15.5. The molecule has 3 aromatic rings. The van der Waals surface area contributed by atoms with Gasteiger partial charge in [0, 0.05) is 35.4 Å². The maximum Gasteiger partial charge on any atom is 0.142 e. The van der Waals surface area contributed by atoms with Gasteiger partial charge in [0.15, 0.2) is 0 Å². The molecule has 124 valence electrons. The third-order valence-electron chi connectivity index (χ3n) is 3.94. The van der Waals surface area contributed by atoms with Crippen molar-refractivity contribution in [3.63, 3.8) is 0 Å². The number of aliphatic imine (C=N–C) groups is 2. The normalized spacial score (nSPS) is 18.2. The molecule has 0 aromatic carbocycles. The molecule has 4 rings (SSSR count). The van der Waals surface area contributed by atoms with Crippen LogP contribution in [0.4, 0.5) is 11.6 Å². The summed E-state index contributed by atoms with van der Waals surface area (Å²) in [5, 5.41) is 5.39. The summed E-state index contributed by atoms with van der Waals surface area (Å²) in [4.78, 5) is 19.2. The molecule has 1 aliphatic rings. The van der Waals surface area contributed by atoms with Crippen molar-refractivity contribution in [2.75, 3.05) is 18.1 Å². The molecule has 7 heteroatoms. The molecule has 1 aliphatic heterocycles. The Bertz CT molecular complexity index is 944.